The molecule has 28 heavy (non-hydrogen) atoms. The fraction of sp³-hybridized carbons (Fsp3) is 0.524. The number of piperidine rings is 3. The van der Waals surface area contributed by atoms with Gasteiger partial charge in [0.25, 0.3) is 0 Å². The van der Waals surface area contributed by atoms with E-state index in [9.17, 15) is 0 Å². The molecule has 7 rings (SSSR count). The van der Waals surface area contributed by atoms with E-state index in [0.29, 0.717) is 36.7 Å². The summed E-state index contributed by atoms with van der Waals surface area (Å²) in [6, 6.07) is 9.50. The van der Waals surface area contributed by atoms with Gasteiger partial charge in [-0.25, -0.2) is 4.98 Å². The summed E-state index contributed by atoms with van der Waals surface area (Å²) in [6.45, 7) is 5.64. The lowest BCUT2D eigenvalue weighted by molar-refractivity contribution is 0.0354. The van der Waals surface area contributed by atoms with Crippen LogP contribution in [0.25, 0.3) is 0 Å². The lowest BCUT2D eigenvalue weighted by Crippen LogP contribution is -2.60. The molecule has 0 radical (unpaired) electrons. The lowest BCUT2D eigenvalue weighted by atomic mass is 9.75. The van der Waals surface area contributed by atoms with Crippen molar-refractivity contribution in [3.05, 3.63) is 35.5 Å². The Morgan fingerprint density at radius 3 is 2.68 bits per heavy atom. The maximum absolute atomic E-state index is 5.99. The van der Waals surface area contributed by atoms with Gasteiger partial charge in [-0.3, -0.25) is 4.90 Å². The Hall–Kier alpha value is -2.54. The minimum absolute atomic E-state index is 0.315. The average molecular weight is 379 g/mol. The summed E-state index contributed by atoms with van der Waals surface area (Å²) >= 11 is 0. The van der Waals surface area contributed by atoms with Crippen molar-refractivity contribution < 1.29 is 9.47 Å². The van der Waals surface area contributed by atoms with Gasteiger partial charge in [0.1, 0.15) is 5.82 Å². The number of ether oxygens (including phenoxy) is 2. The first-order valence-corrected chi connectivity index (χ1v) is 10.2. The van der Waals surface area contributed by atoms with E-state index >= 15 is 0 Å². The average Bonchev–Trinajstić information content (AvgIpc) is 3.33. The van der Waals surface area contributed by atoms with E-state index in [1.165, 1.54) is 31.5 Å². The maximum Gasteiger partial charge on any atom is 0.231 e. The molecule has 2 N–H and O–H groups in total. The summed E-state index contributed by atoms with van der Waals surface area (Å²) in [6.07, 6.45) is 2.54. The lowest BCUT2D eigenvalue weighted by Gasteiger charge is -2.51. The summed E-state index contributed by atoms with van der Waals surface area (Å²) < 4.78 is 11.2. The van der Waals surface area contributed by atoms with Gasteiger partial charge in [-0.15, -0.1) is 0 Å². The van der Waals surface area contributed by atoms with Crippen LogP contribution in [0.5, 0.6) is 11.5 Å². The SMILES string of the molecule is Cc1cc(N2C[C@@H](c3ccc4c(c3)OCO4)[C@@H]3[C@H]2C2CCN3CC2)nc(N)n1. The van der Waals surface area contributed by atoms with Crippen LogP contribution in [-0.2, 0) is 0 Å². The Morgan fingerprint density at radius 2 is 1.86 bits per heavy atom. The first kappa shape index (κ1) is 16.4. The number of hydrogen-bond donors (Lipinski definition) is 1. The van der Waals surface area contributed by atoms with E-state index in [-0.39, 0.29) is 0 Å². The highest BCUT2D eigenvalue weighted by molar-refractivity contribution is 5.52. The Bertz CT molecular complexity index is 907. The largest absolute Gasteiger partial charge is 0.454 e. The molecular formula is C21H25N5O2. The van der Waals surface area contributed by atoms with Crippen molar-refractivity contribution in [1.29, 1.82) is 0 Å². The number of aryl methyl sites for hydroxylation is 1. The fourth-order valence-electron chi connectivity index (χ4n) is 5.84. The molecule has 2 aromatic rings. The molecule has 0 amide bonds. The molecule has 5 aliphatic heterocycles. The molecule has 1 aromatic carbocycles. The van der Waals surface area contributed by atoms with Crippen LogP contribution in [0.2, 0.25) is 0 Å². The number of benzene rings is 1. The molecule has 0 aliphatic carbocycles. The molecule has 6 heterocycles. The van der Waals surface area contributed by atoms with Crippen molar-refractivity contribution in [2.24, 2.45) is 5.92 Å². The summed E-state index contributed by atoms with van der Waals surface area (Å²) in [5.41, 5.74) is 8.24. The Kier molecular flexibility index (Phi) is 3.50. The number of rotatable bonds is 2. The Balaban J connectivity index is 1.42. The van der Waals surface area contributed by atoms with Gasteiger partial charge >= 0.3 is 0 Å². The Labute approximate surface area is 164 Å². The maximum atomic E-state index is 5.99. The van der Waals surface area contributed by atoms with Crippen LogP contribution in [0.4, 0.5) is 11.8 Å². The molecule has 4 fully saturated rings. The minimum atomic E-state index is 0.315. The van der Waals surface area contributed by atoms with Gasteiger partial charge in [0.2, 0.25) is 12.7 Å². The monoisotopic (exact) mass is 379 g/mol. The molecule has 2 bridgehead atoms. The summed E-state index contributed by atoms with van der Waals surface area (Å²) in [5.74, 6) is 4.17. The second-order valence-corrected chi connectivity index (χ2v) is 8.45. The van der Waals surface area contributed by atoms with Gasteiger partial charge in [0.05, 0.1) is 0 Å². The van der Waals surface area contributed by atoms with Gasteiger partial charge < -0.3 is 20.1 Å². The van der Waals surface area contributed by atoms with Crippen LogP contribution in [-0.4, -0.2) is 53.4 Å². The highest BCUT2D eigenvalue weighted by Crippen LogP contribution is 2.48. The third-order valence-electron chi connectivity index (χ3n) is 6.97. The van der Waals surface area contributed by atoms with Gasteiger partial charge in [0, 0.05) is 36.3 Å². The minimum Gasteiger partial charge on any atom is -0.454 e. The van der Waals surface area contributed by atoms with Gasteiger partial charge in [0.15, 0.2) is 11.5 Å². The first-order valence-electron chi connectivity index (χ1n) is 10.2. The van der Waals surface area contributed by atoms with Crippen molar-refractivity contribution in [2.75, 3.05) is 37.1 Å². The molecular weight excluding hydrogens is 354 g/mol. The van der Waals surface area contributed by atoms with Crippen LogP contribution >= 0.6 is 0 Å². The molecule has 7 nitrogen and oxygen atoms in total. The highest BCUT2D eigenvalue weighted by Gasteiger charge is 2.53. The number of hydrogen-bond acceptors (Lipinski definition) is 7. The third-order valence-corrected chi connectivity index (χ3v) is 6.97. The van der Waals surface area contributed by atoms with Crippen LogP contribution in [0.15, 0.2) is 24.3 Å². The second-order valence-electron chi connectivity index (χ2n) is 8.45. The molecule has 146 valence electrons. The van der Waals surface area contributed by atoms with Crippen molar-refractivity contribution >= 4 is 11.8 Å². The molecule has 1 aromatic heterocycles. The van der Waals surface area contributed by atoms with Crippen molar-refractivity contribution in [2.45, 2.75) is 37.8 Å². The summed E-state index contributed by atoms with van der Waals surface area (Å²) in [5, 5.41) is 0. The van der Waals surface area contributed by atoms with E-state index in [4.69, 9.17) is 15.2 Å². The molecule has 5 aliphatic rings. The molecule has 0 unspecified atom stereocenters. The van der Waals surface area contributed by atoms with Gasteiger partial charge in [-0.2, -0.15) is 4.98 Å². The third kappa shape index (κ3) is 2.38. The zero-order chi connectivity index (χ0) is 18.8. The summed E-state index contributed by atoms with van der Waals surface area (Å²) in [7, 11) is 0. The van der Waals surface area contributed by atoms with E-state index in [0.717, 1.165) is 29.6 Å². The molecule has 4 saturated heterocycles. The zero-order valence-electron chi connectivity index (χ0n) is 16.0. The van der Waals surface area contributed by atoms with E-state index in [1.54, 1.807) is 0 Å². The van der Waals surface area contributed by atoms with Crippen molar-refractivity contribution in [1.82, 2.24) is 14.9 Å². The van der Waals surface area contributed by atoms with Crippen LogP contribution in [0.1, 0.15) is 30.0 Å². The highest BCUT2D eigenvalue weighted by atomic mass is 16.7. The van der Waals surface area contributed by atoms with Crippen LogP contribution in [0.3, 0.4) is 0 Å². The smallest absolute Gasteiger partial charge is 0.231 e. The molecule has 0 spiro atoms. The first-order chi connectivity index (χ1) is 13.7. The number of fused-ring (bicyclic) bond motifs is 3. The fourth-order valence-corrected chi connectivity index (χ4v) is 5.84. The number of anilines is 2. The van der Waals surface area contributed by atoms with Crippen molar-refractivity contribution in [3.8, 4) is 11.5 Å². The van der Waals surface area contributed by atoms with Crippen molar-refractivity contribution in [3.63, 3.8) is 0 Å². The topological polar surface area (TPSA) is 76.7 Å². The van der Waals surface area contributed by atoms with E-state index < -0.39 is 0 Å². The Morgan fingerprint density at radius 1 is 1.04 bits per heavy atom. The second kappa shape index (κ2) is 5.98. The van der Waals surface area contributed by atoms with E-state index in [1.807, 2.05) is 6.92 Å². The molecule has 3 atom stereocenters. The number of nitrogen functional groups attached to an aromatic ring is 1. The predicted molar refractivity (Wildman–Crippen MR) is 106 cm³/mol. The quantitative estimate of drug-likeness (QED) is 0.857. The molecule has 7 heteroatoms. The zero-order valence-corrected chi connectivity index (χ0v) is 16.0. The van der Waals surface area contributed by atoms with Gasteiger partial charge in [-0.1, -0.05) is 6.07 Å². The van der Waals surface area contributed by atoms with Gasteiger partial charge in [-0.05, 0) is 56.5 Å². The number of aromatic nitrogens is 2. The number of nitrogens with two attached hydrogens (primary N) is 1. The number of nitrogens with zero attached hydrogens (tertiary/aromatic N) is 4. The van der Waals surface area contributed by atoms with E-state index in [2.05, 4.69) is 44.0 Å². The van der Waals surface area contributed by atoms with Crippen LogP contribution < -0.4 is 20.1 Å². The standard InChI is InChI=1S/C21H25N5O2/c1-12-8-18(24-21(22)23-12)26-10-15(14-2-3-16-17(9-14)28-11-27-16)20-19(26)13-4-6-25(20)7-5-13/h2-3,8-9,13,15,19-20H,4-7,10-11H2,1H3,(H2,22,23,24)/t15-,19+,20+/m0/s1. The predicted octanol–water partition coefficient (Wildman–Crippen LogP) is 2.16. The summed E-state index contributed by atoms with van der Waals surface area (Å²) in [4.78, 5) is 14.1. The molecule has 0 saturated carbocycles. The normalized spacial score (nSPS) is 32.6. The van der Waals surface area contributed by atoms with Crippen LogP contribution in [0, 0.1) is 12.8 Å².